The Morgan fingerprint density at radius 2 is 1.33 bits per heavy atom. The molecule has 0 aliphatic heterocycles. The lowest BCUT2D eigenvalue weighted by Crippen LogP contribution is -2.56. The standard InChI is InChI=1S/C20H38N4O5S/c1-11(2)9-15(23-18(26)14(21)7-8-30-6)19(27)22-13(5)17(25)24-16(20(28)29)10-12(3)4/h11-16H,7-10,21H2,1-6H3,(H,22,27)(H,23,26)(H,24,25)(H,28,29). The quantitative estimate of drug-likeness (QED) is 0.264. The van der Waals surface area contributed by atoms with Crippen molar-refractivity contribution in [3.05, 3.63) is 0 Å². The minimum atomic E-state index is -1.13. The highest BCUT2D eigenvalue weighted by Gasteiger charge is 2.28. The van der Waals surface area contributed by atoms with E-state index in [0.29, 0.717) is 12.8 Å². The van der Waals surface area contributed by atoms with Crippen molar-refractivity contribution in [3.63, 3.8) is 0 Å². The van der Waals surface area contributed by atoms with Gasteiger partial charge in [0.15, 0.2) is 0 Å². The van der Waals surface area contributed by atoms with Gasteiger partial charge in [-0.05, 0) is 50.0 Å². The van der Waals surface area contributed by atoms with E-state index in [9.17, 15) is 24.3 Å². The molecule has 4 atom stereocenters. The maximum Gasteiger partial charge on any atom is 0.326 e. The van der Waals surface area contributed by atoms with E-state index < -0.39 is 47.9 Å². The van der Waals surface area contributed by atoms with Crippen molar-refractivity contribution in [2.45, 2.75) is 78.0 Å². The van der Waals surface area contributed by atoms with Crippen molar-refractivity contribution >= 4 is 35.5 Å². The Labute approximate surface area is 183 Å². The van der Waals surface area contributed by atoms with E-state index in [1.807, 2.05) is 34.0 Å². The molecule has 6 N–H and O–H groups in total. The number of nitrogens with one attached hydrogen (secondary N) is 3. The van der Waals surface area contributed by atoms with Crippen LogP contribution in [0.1, 0.15) is 53.9 Å². The van der Waals surface area contributed by atoms with Gasteiger partial charge in [-0.3, -0.25) is 14.4 Å². The van der Waals surface area contributed by atoms with E-state index in [2.05, 4.69) is 16.0 Å². The fraction of sp³-hybridized carbons (Fsp3) is 0.800. The van der Waals surface area contributed by atoms with Gasteiger partial charge in [-0.15, -0.1) is 0 Å². The molecule has 0 aliphatic rings. The smallest absolute Gasteiger partial charge is 0.326 e. The SMILES string of the molecule is CSCCC(N)C(=O)NC(CC(C)C)C(=O)NC(C)C(=O)NC(CC(C)C)C(=O)O. The summed E-state index contributed by atoms with van der Waals surface area (Å²) in [5.74, 6) is -1.71. The molecule has 0 radical (unpaired) electrons. The van der Waals surface area contributed by atoms with Crippen LogP contribution in [0.5, 0.6) is 0 Å². The van der Waals surface area contributed by atoms with Crippen LogP contribution in [0, 0.1) is 11.8 Å². The molecule has 0 aromatic heterocycles. The van der Waals surface area contributed by atoms with Gasteiger partial charge in [0, 0.05) is 0 Å². The molecule has 0 aromatic rings. The predicted molar refractivity (Wildman–Crippen MR) is 119 cm³/mol. The zero-order chi connectivity index (χ0) is 23.4. The number of hydrogen-bond donors (Lipinski definition) is 5. The third-order valence-corrected chi connectivity index (χ3v) is 5.03. The molecular weight excluding hydrogens is 408 g/mol. The van der Waals surface area contributed by atoms with Gasteiger partial charge in [0.05, 0.1) is 6.04 Å². The number of rotatable bonds is 14. The first-order valence-corrected chi connectivity index (χ1v) is 11.7. The summed E-state index contributed by atoms with van der Waals surface area (Å²) in [6, 6.07) is -3.53. The van der Waals surface area contributed by atoms with E-state index in [-0.39, 0.29) is 18.3 Å². The summed E-state index contributed by atoms with van der Waals surface area (Å²) in [6.07, 6.45) is 3.07. The molecule has 0 rings (SSSR count). The molecule has 3 amide bonds. The van der Waals surface area contributed by atoms with E-state index in [4.69, 9.17) is 5.73 Å². The number of aliphatic carboxylic acids is 1. The molecule has 0 aromatic carbocycles. The fourth-order valence-corrected chi connectivity index (χ4v) is 3.22. The summed E-state index contributed by atoms with van der Waals surface area (Å²) in [7, 11) is 0. The molecule has 174 valence electrons. The average molecular weight is 447 g/mol. The Bertz CT molecular complexity index is 586. The second kappa shape index (κ2) is 14.2. The lowest BCUT2D eigenvalue weighted by molar-refractivity contribution is -0.142. The molecule has 10 heteroatoms. The van der Waals surface area contributed by atoms with Crippen LogP contribution in [0.2, 0.25) is 0 Å². The first-order chi connectivity index (χ1) is 13.9. The zero-order valence-corrected chi connectivity index (χ0v) is 19.7. The Hall–Kier alpha value is -1.81. The zero-order valence-electron chi connectivity index (χ0n) is 18.9. The van der Waals surface area contributed by atoms with Crippen molar-refractivity contribution in [3.8, 4) is 0 Å². The summed E-state index contributed by atoms with van der Waals surface area (Å²) >= 11 is 1.58. The van der Waals surface area contributed by atoms with Crippen LogP contribution >= 0.6 is 11.8 Å². The lowest BCUT2D eigenvalue weighted by Gasteiger charge is -2.24. The Kier molecular flexibility index (Phi) is 13.4. The van der Waals surface area contributed by atoms with Crippen molar-refractivity contribution in [2.24, 2.45) is 17.6 Å². The number of carbonyl (C=O) groups is 4. The molecule has 30 heavy (non-hydrogen) atoms. The highest BCUT2D eigenvalue weighted by Crippen LogP contribution is 2.08. The van der Waals surface area contributed by atoms with Crippen molar-refractivity contribution in [1.82, 2.24) is 16.0 Å². The molecule has 0 bridgehead atoms. The van der Waals surface area contributed by atoms with E-state index in [1.165, 1.54) is 6.92 Å². The van der Waals surface area contributed by atoms with Gasteiger partial charge in [-0.25, -0.2) is 4.79 Å². The summed E-state index contributed by atoms with van der Waals surface area (Å²) in [6.45, 7) is 9.02. The molecule has 0 heterocycles. The van der Waals surface area contributed by atoms with Crippen LogP contribution in [0.3, 0.4) is 0 Å². The number of hydrogen-bond acceptors (Lipinski definition) is 6. The molecule has 9 nitrogen and oxygen atoms in total. The van der Waals surface area contributed by atoms with E-state index in [1.54, 1.807) is 11.8 Å². The van der Waals surface area contributed by atoms with Gasteiger partial charge in [0.2, 0.25) is 17.7 Å². The largest absolute Gasteiger partial charge is 0.480 e. The molecular formula is C20H38N4O5S. The fourth-order valence-electron chi connectivity index (χ4n) is 2.73. The van der Waals surface area contributed by atoms with Crippen molar-refractivity contribution in [1.29, 1.82) is 0 Å². The monoisotopic (exact) mass is 446 g/mol. The number of carboxylic acid groups (broad SMARTS) is 1. The maximum atomic E-state index is 12.7. The number of carboxylic acids is 1. The Morgan fingerprint density at radius 3 is 1.80 bits per heavy atom. The minimum Gasteiger partial charge on any atom is -0.480 e. The van der Waals surface area contributed by atoms with Crippen molar-refractivity contribution in [2.75, 3.05) is 12.0 Å². The topological polar surface area (TPSA) is 151 Å². The van der Waals surface area contributed by atoms with Gasteiger partial charge in [-0.1, -0.05) is 27.7 Å². The first-order valence-electron chi connectivity index (χ1n) is 10.3. The van der Waals surface area contributed by atoms with Crippen molar-refractivity contribution < 1.29 is 24.3 Å². The second-order valence-electron chi connectivity index (χ2n) is 8.34. The third kappa shape index (κ3) is 11.4. The van der Waals surface area contributed by atoms with Gasteiger partial charge < -0.3 is 26.8 Å². The van der Waals surface area contributed by atoms with Gasteiger partial charge in [0.25, 0.3) is 0 Å². The summed E-state index contributed by atoms with van der Waals surface area (Å²) in [5, 5.41) is 17.0. The van der Waals surface area contributed by atoms with Gasteiger partial charge >= 0.3 is 5.97 Å². The molecule has 0 spiro atoms. The highest BCUT2D eigenvalue weighted by molar-refractivity contribution is 7.98. The van der Waals surface area contributed by atoms with Crippen LogP contribution in [-0.2, 0) is 19.2 Å². The molecule has 0 aliphatic carbocycles. The number of nitrogens with two attached hydrogens (primary N) is 1. The summed E-state index contributed by atoms with van der Waals surface area (Å²) in [4.78, 5) is 48.7. The molecule has 0 fully saturated rings. The molecule has 4 unspecified atom stereocenters. The second-order valence-corrected chi connectivity index (χ2v) is 9.32. The normalized spacial score (nSPS) is 15.2. The number of thioether (sulfide) groups is 1. The first kappa shape index (κ1) is 28.2. The average Bonchev–Trinajstić information content (AvgIpc) is 2.63. The Balaban J connectivity index is 5.01. The third-order valence-electron chi connectivity index (χ3n) is 4.38. The van der Waals surface area contributed by atoms with Gasteiger partial charge in [-0.2, -0.15) is 11.8 Å². The van der Waals surface area contributed by atoms with Crippen LogP contribution in [0.4, 0.5) is 0 Å². The maximum absolute atomic E-state index is 12.7. The minimum absolute atomic E-state index is 0.0808. The molecule has 0 saturated heterocycles. The summed E-state index contributed by atoms with van der Waals surface area (Å²) in [5.41, 5.74) is 5.88. The lowest BCUT2D eigenvalue weighted by atomic mass is 10.0. The van der Waals surface area contributed by atoms with Gasteiger partial charge in [0.1, 0.15) is 18.1 Å². The Morgan fingerprint density at radius 1 is 0.833 bits per heavy atom. The van der Waals surface area contributed by atoms with Crippen LogP contribution in [-0.4, -0.2) is 65.0 Å². The number of amides is 3. The summed E-state index contributed by atoms with van der Waals surface area (Å²) < 4.78 is 0. The van der Waals surface area contributed by atoms with Crippen LogP contribution in [0.25, 0.3) is 0 Å². The van der Waals surface area contributed by atoms with Crippen LogP contribution in [0.15, 0.2) is 0 Å². The molecule has 0 saturated carbocycles. The number of carbonyl (C=O) groups excluding carboxylic acids is 3. The van der Waals surface area contributed by atoms with Crippen LogP contribution < -0.4 is 21.7 Å². The predicted octanol–water partition coefficient (Wildman–Crippen LogP) is 0.718. The van der Waals surface area contributed by atoms with E-state index in [0.717, 1.165) is 5.75 Å². The van der Waals surface area contributed by atoms with E-state index >= 15 is 0 Å². The highest BCUT2D eigenvalue weighted by atomic mass is 32.2.